The monoisotopic (exact) mass is 247 g/mol. The van der Waals surface area contributed by atoms with Gasteiger partial charge in [0.25, 0.3) is 0 Å². The van der Waals surface area contributed by atoms with Crippen LogP contribution in [0.15, 0.2) is 30.3 Å². The van der Waals surface area contributed by atoms with Crippen molar-refractivity contribution >= 4 is 17.3 Å². The van der Waals surface area contributed by atoms with Gasteiger partial charge in [0.05, 0.1) is 5.02 Å². The van der Waals surface area contributed by atoms with E-state index in [-0.39, 0.29) is 5.75 Å². The predicted molar refractivity (Wildman–Crippen MR) is 72.4 cm³/mol. The van der Waals surface area contributed by atoms with Crippen LogP contribution in [0.4, 0.5) is 5.69 Å². The number of phenolic OH excluding ortho intramolecular Hbond substituents is 1. The highest BCUT2D eigenvalue weighted by Crippen LogP contribution is 2.42. The van der Waals surface area contributed by atoms with Gasteiger partial charge in [-0.25, -0.2) is 0 Å². The summed E-state index contributed by atoms with van der Waals surface area (Å²) in [5.74, 6) is 0.0707. The summed E-state index contributed by atoms with van der Waals surface area (Å²) in [6.07, 6.45) is 0. The summed E-state index contributed by atoms with van der Waals surface area (Å²) in [6, 6.07) is 9.80. The molecule has 2 rings (SSSR count). The standard InChI is InChI=1S/C14H14ClNO/c1-8-11(10-6-4-3-5-7-10)13(16)9(2)14(17)12(8)15/h3-7,17H,16H2,1-2H3. The molecule has 88 valence electrons. The van der Waals surface area contributed by atoms with Crippen molar-refractivity contribution in [2.75, 3.05) is 5.73 Å². The van der Waals surface area contributed by atoms with Crippen LogP contribution in [0.1, 0.15) is 11.1 Å². The predicted octanol–water partition coefficient (Wildman–Crippen LogP) is 3.91. The molecule has 2 aromatic carbocycles. The molecule has 0 atom stereocenters. The molecule has 2 aromatic rings. The van der Waals surface area contributed by atoms with Gasteiger partial charge in [0.15, 0.2) is 0 Å². The van der Waals surface area contributed by atoms with E-state index < -0.39 is 0 Å². The Kier molecular flexibility index (Phi) is 2.99. The summed E-state index contributed by atoms with van der Waals surface area (Å²) in [5, 5.41) is 10.2. The minimum absolute atomic E-state index is 0.0707. The minimum Gasteiger partial charge on any atom is -0.506 e. The lowest BCUT2D eigenvalue weighted by Gasteiger charge is -2.16. The summed E-state index contributed by atoms with van der Waals surface area (Å²) < 4.78 is 0. The molecule has 0 heterocycles. The Bertz CT molecular complexity index is 535. The van der Waals surface area contributed by atoms with E-state index in [0.717, 1.165) is 16.7 Å². The fraction of sp³-hybridized carbons (Fsp3) is 0.143. The molecule has 2 nitrogen and oxygen atoms in total. The molecule has 0 aliphatic carbocycles. The smallest absolute Gasteiger partial charge is 0.139 e. The fourth-order valence-electron chi connectivity index (χ4n) is 1.95. The Morgan fingerprint density at radius 3 is 2.24 bits per heavy atom. The second kappa shape index (κ2) is 4.30. The van der Waals surface area contributed by atoms with Gasteiger partial charge in [-0.3, -0.25) is 0 Å². The van der Waals surface area contributed by atoms with Gasteiger partial charge in [-0.2, -0.15) is 0 Å². The van der Waals surface area contributed by atoms with Crippen LogP contribution in [-0.2, 0) is 0 Å². The van der Waals surface area contributed by atoms with Gasteiger partial charge >= 0.3 is 0 Å². The van der Waals surface area contributed by atoms with Crippen molar-refractivity contribution in [2.24, 2.45) is 0 Å². The Morgan fingerprint density at radius 1 is 1.06 bits per heavy atom. The van der Waals surface area contributed by atoms with Crippen LogP contribution in [0.2, 0.25) is 5.02 Å². The van der Waals surface area contributed by atoms with E-state index in [2.05, 4.69) is 0 Å². The lowest BCUT2D eigenvalue weighted by Crippen LogP contribution is -1.98. The Hall–Kier alpha value is -1.67. The van der Waals surface area contributed by atoms with E-state index in [1.54, 1.807) is 6.92 Å². The maximum absolute atomic E-state index is 9.83. The normalized spacial score (nSPS) is 10.5. The number of rotatable bonds is 1. The summed E-state index contributed by atoms with van der Waals surface area (Å²) in [4.78, 5) is 0. The zero-order valence-electron chi connectivity index (χ0n) is 9.79. The zero-order valence-corrected chi connectivity index (χ0v) is 10.5. The first-order chi connectivity index (χ1) is 8.04. The SMILES string of the molecule is Cc1c(N)c(-c2ccccc2)c(C)c(Cl)c1O. The lowest BCUT2D eigenvalue weighted by molar-refractivity contribution is 0.471. The Morgan fingerprint density at radius 2 is 1.65 bits per heavy atom. The molecule has 0 aliphatic heterocycles. The fourth-order valence-corrected chi connectivity index (χ4v) is 2.18. The molecule has 0 amide bonds. The van der Waals surface area contributed by atoms with Crippen molar-refractivity contribution in [1.29, 1.82) is 0 Å². The molecule has 0 aromatic heterocycles. The molecular weight excluding hydrogens is 234 g/mol. The van der Waals surface area contributed by atoms with Gasteiger partial charge < -0.3 is 10.8 Å². The van der Waals surface area contributed by atoms with Crippen LogP contribution in [0.3, 0.4) is 0 Å². The van der Waals surface area contributed by atoms with E-state index in [1.807, 2.05) is 37.3 Å². The van der Waals surface area contributed by atoms with Crippen LogP contribution in [0.25, 0.3) is 11.1 Å². The Labute approximate surface area is 106 Å². The molecule has 0 bridgehead atoms. The maximum Gasteiger partial charge on any atom is 0.139 e. The largest absolute Gasteiger partial charge is 0.506 e. The van der Waals surface area contributed by atoms with Crippen LogP contribution in [0, 0.1) is 13.8 Å². The van der Waals surface area contributed by atoms with Gasteiger partial charge in [0, 0.05) is 16.8 Å². The van der Waals surface area contributed by atoms with E-state index in [0.29, 0.717) is 16.3 Å². The molecule has 0 saturated heterocycles. The van der Waals surface area contributed by atoms with Crippen molar-refractivity contribution in [1.82, 2.24) is 0 Å². The molecule has 0 saturated carbocycles. The van der Waals surface area contributed by atoms with Crippen molar-refractivity contribution in [2.45, 2.75) is 13.8 Å². The quantitative estimate of drug-likeness (QED) is 0.751. The van der Waals surface area contributed by atoms with Gasteiger partial charge in [0.2, 0.25) is 0 Å². The average Bonchev–Trinajstić information content (AvgIpc) is 2.36. The van der Waals surface area contributed by atoms with Crippen LogP contribution in [-0.4, -0.2) is 5.11 Å². The first-order valence-corrected chi connectivity index (χ1v) is 5.74. The summed E-state index contributed by atoms with van der Waals surface area (Å²) >= 11 is 6.10. The highest BCUT2D eigenvalue weighted by molar-refractivity contribution is 6.33. The number of phenols is 1. The maximum atomic E-state index is 9.83. The molecule has 0 fully saturated rings. The van der Waals surface area contributed by atoms with Crippen molar-refractivity contribution in [3.8, 4) is 16.9 Å². The Balaban J connectivity index is 2.80. The van der Waals surface area contributed by atoms with Crippen LogP contribution in [0.5, 0.6) is 5.75 Å². The topological polar surface area (TPSA) is 46.2 Å². The molecular formula is C14H14ClNO. The zero-order chi connectivity index (χ0) is 12.6. The molecule has 17 heavy (non-hydrogen) atoms. The van der Waals surface area contributed by atoms with Crippen molar-refractivity contribution in [3.63, 3.8) is 0 Å². The highest BCUT2D eigenvalue weighted by Gasteiger charge is 2.16. The number of nitrogen functional groups attached to an aromatic ring is 1. The average molecular weight is 248 g/mol. The van der Waals surface area contributed by atoms with E-state index in [4.69, 9.17) is 17.3 Å². The summed E-state index contributed by atoms with van der Waals surface area (Å²) in [5.41, 5.74) is 9.98. The lowest BCUT2D eigenvalue weighted by atomic mass is 9.95. The van der Waals surface area contributed by atoms with E-state index in [9.17, 15) is 5.11 Å². The van der Waals surface area contributed by atoms with Crippen molar-refractivity contribution in [3.05, 3.63) is 46.5 Å². The molecule has 0 unspecified atom stereocenters. The minimum atomic E-state index is 0.0707. The molecule has 0 radical (unpaired) electrons. The second-order valence-electron chi connectivity index (χ2n) is 4.07. The number of hydrogen-bond donors (Lipinski definition) is 2. The van der Waals surface area contributed by atoms with Gasteiger partial charge in [-0.1, -0.05) is 41.9 Å². The second-order valence-corrected chi connectivity index (χ2v) is 4.45. The molecule has 0 spiro atoms. The molecule has 3 heteroatoms. The number of anilines is 1. The number of benzene rings is 2. The number of halogens is 1. The first kappa shape index (κ1) is 11.8. The molecule has 0 aliphatic rings. The molecule has 3 N–H and O–H groups in total. The first-order valence-electron chi connectivity index (χ1n) is 5.36. The van der Waals surface area contributed by atoms with E-state index >= 15 is 0 Å². The number of nitrogens with two attached hydrogens (primary N) is 1. The van der Waals surface area contributed by atoms with Gasteiger partial charge in [0.1, 0.15) is 5.75 Å². The highest BCUT2D eigenvalue weighted by atomic mass is 35.5. The van der Waals surface area contributed by atoms with Gasteiger partial charge in [-0.15, -0.1) is 0 Å². The summed E-state index contributed by atoms with van der Waals surface area (Å²) in [7, 11) is 0. The van der Waals surface area contributed by atoms with Gasteiger partial charge in [-0.05, 0) is 25.0 Å². The van der Waals surface area contributed by atoms with E-state index in [1.165, 1.54) is 0 Å². The van der Waals surface area contributed by atoms with Crippen LogP contribution < -0.4 is 5.73 Å². The third-order valence-electron chi connectivity index (χ3n) is 3.00. The number of aromatic hydroxyl groups is 1. The van der Waals surface area contributed by atoms with Crippen molar-refractivity contribution < 1.29 is 5.11 Å². The van der Waals surface area contributed by atoms with Crippen LogP contribution >= 0.6 is 11.6 Å². The summed E-state index contributed by atoms with van der Waals surface area (Å²) in [6.45, 7) is 3.63. The third-order valence-corrected chi connectivity index (χ3v) is 3.47. The third kappa shape index (κ3) is 1.85. The number of hydrogen-bond acceptors (Lipinski definition) is 2.